The van der Waals surface area contributed by atoms with Crippen LogP contribution in [0.2, 0.25) is 0 Å². The van der Waals surface area contributed by atoms with Gasteiger partial charge in [0.05, 0.1) is 25.2 Å². The molecule has 150 valence electrons. The van der Waals surface area contributed by atoms with Crippen LogP contribution < -0.4 is 10.2 Å². The lowest BCUT2D eigenvalue weighted by atomic mass is 10.2. The van der Waals surface area contributed by atoms with Gasteiger partial charge in [0, 0.05) is 24.3 Å². The third-order valence-electron chi connectivity index (χ3n) is 4.54. The minimum Gasteiger partial charge on any atom is -0.379 e. The number of morpholine rings is 1. The van der Waals surface area contributed by atoms with E-state index in [9.17, 15) is 13.2 Å². The van der Waals surface area contributed by atoms with Crippen molar-refractivity contribution in [3.8, 4) is 0 Å². The highest BCUT2D eigenvalue weighted by Crippen LogP contribution is 2.20. The van der Waals surface area contributed by atoms with Crippen LogP contribution in [0.4, 0.5) is 5.69 Å². The number of quaternary nitrogens is 1. The lowest BCUT2D eigenvalue weighted by Gasteiger charge is -2.26. The van der Waals surface area contributed by atoms with Crippen molar-refractivity contribution in [1.82, 2.24) is 4.31 Å². The van der Waals surface area contributed by atoms with Crippen LogP contribution in [0.15, 0.2) is 59.5 Å². The maximum Gasteiger partial charge on any atom is 0.279 e. The number of ether oxygens (including phenoxy) is 1. The topological polar surface area (TPSA) is 80.2 Å². The van der Waals surface area contributed by atoms with Gasteiger partial charge in [0.2, 0.25) is 10.0 Å². The Morgan fingerprint density at radius 3 is 2.54 bits per heavy atom. The van der Waals surface area contributed by atoms with Crippen molar-refractivity contribution in [3.63, 3.8) is 0 Å². The van der Waals surface area contributed by atoms with Gasteiger partial charge in [0.15, 0.2) is 6.54 Å². The van der Waals surface area contributed by atoms with Gasteiger partial charge >= 0.3 is 0 Å². The Hall–Kier alpha value is -2.26. The van der Waals surface area contributed by atoms with Gasteiger partial charge in [-0.3, -0.25) is 4.79 Å². The Labute approximate surface area is 166 Å². The molecule has 1 aliphatic heterocycles. The van der Waals surface area contributed by atoms with E-state index < -0.39 is 10.0 Å². The van der Waals surface area contributed by atoms with E-state index in [1.807, 2.05) is 37.4 Å². The monoisotopic (exact) mass is 404 g/mol. The zero-order chi connectivity index (χ0) is 20.0. The van der Waals surface area contributed by atoms with Gasteiger partial charge in [-0.05, 0) is 18.2 Å². The molecule has 1 atom stereocenters. The third kappa shape index (κ3) is 5.39. The third-order valence-corrected chi connectivity index (χ3v) is 6.43. The number of nitrogens with one attached hydrogen (secondary N) is 2. The summed E-state index contributed by atoms with van der Waals surface area (Å²) in [5, 5.41) is 2.81. The van der Waals surface area contributed by atoms with Gasteiger partial charge < -0.3 is 15.0 Å². The van der Waals surface area contributed by atoms with Crippen LogP contribution in [0.25, 0.3) is 0 Å². The summed E-state index contributed by atoms with van der Waals surface area (Å²) in [6.45, 7) is 2.49. The Morgan fingerprint density at radius 2 is 1.82 bits per heavy atom. The molecule has 1 fully saturated rings. The first kappa shape index (κ1) is 20.5. The molecular formula is C20H26N3O4S+. The number of amides is 1. The number of likely N-dealkylation sites (N-methyl/N-ethyl adjacent to an activating group) is 1. The lowest BCUT2D eigenvalue weighted by molar-refractivity contribution is -0.885. The number of carbonyl (C=O) groups excluding carboxylic acids is 1. The molecule has 1 unspecified atom stereocenters. The molecule has 0 saturated carbocycles. The van der Waals surface area contributed by atoms with Crippen molar-refractivity contribution in [2.24, 2.45) is 0 Å². The molecule has 0 spiro atoms. The lowest BCUT2D eigenvalue weighted by Crippen LogP contribution is -3.08. The van der Waals surface area contributed by atoms with E-state index >= 15 is 0 Å². The number of sulfonamides is 1. The van der Waals surface area contributed by atoms with Gasteiger partial charge in [-0.2, -0.15) is 4.31 Å². The van der Waals surface area contributed by atoms with Crippen LogP contribution in [-0.2, 0) is 26.1 Å². The zero-order valence-corrected chi connectivity index (χ0v) is 16.7. The number of carbonyl (C=O) groups is 1. The fraction of sp³-hybridized carbons (Fsp3) is 0.350. The van der Waals surface area contributed by atoms with Gasteiger partial charge in [-0.15, -0.1) is 0 Å². The molecular weight excluding hydrogens is 378 g/mol. The van der Waals surface area contributed by atoms with Crippen molar-refractivity contribution < 1.29 is 22.8 Å². The molecule has 2 aromatic rings. The van der Waals surface area contributed by atoms with Crippen molar-refractivity contribution in [2.75, 3.05) is 45.2 Å². The number of nitrogens with zero attached hydrogens (tertiary/aromatic N) is 1. The Bertz CT molecular complexity index is 897. The molecule has 28 heavy (non-hydrogen) atoms. The Balaban J connectivity index is 1.61. The average Bonchev–Trinajstić information content (AvgIpc) is 2.69. The van der Waals surface area contributed by atoms with Crippen molar-refractivity contribution >= 4 is 21.6 Å². The summed E-state index contributed by atoms with van der Waals surface area (Å²) in [4.78, 5) is 13.6. The summed E-state index contributed by atoms with van der Waals surface area (Å²) in [5.41, 5.74) is 1.64. The first-order chi connectivity index (χ1) is 13.4. The number of hydrogen-bond acceptors (Lipinski definition) is 4. The standard InChI is InChI=1S/C20H25N3O4S/c1-22(15-17-6-3-2-4-7-17)16-20(24)21-18-8-5-9-19(14-18)28(25,26)23-10-12-27-13-11-23/h2-9,14H,10-13,15-16H2,1H3,(H,21,24)/p+1. The summed E-state index contributed by atoms with van der Waals surface area (Å²) in [7, 11) is -1.64. The van der Waals surface area contributed by atoms with E-state index in [4.69, 9.17) is 4.74 Å². The minimum absolute atomic E-state index is 0.158. The second kappa shape index (κ2) is 9.29. The van der Waals surface area contributed by atoms with E-state index in [0.717, 1.165) is 17.0 Å². The molecule has 1 heterocycles. The molecule has 0 radical (unpaired) electrons. The zero-order valence-electron chi connectivity index (χ0n) is 15.9. The maximum absolute atomic E-state index is 12.8. The highest BCUT2D eigenvalue weighted by Gasteiger charge is 2.26. The molecule has 2 aromatic carbocycles. The summed E-state index contributed by atoms with van der Waals surface area (Å²) in [6, 6.07) is 16.4. The first-order valence-corrected chi connectivity index (χ1v) is 10.7. The highest BCUT2D eigenvalue weighted by atomic mass is 32.2. The van der Waals surface area contributed by atoms with Crippen LogP contribution in [0.5, 0.6) is 0 Å². The normalized spacial score (nSPS) is 16.5. The first-order valence-electron chi connectivity index (χ1n) is 9.28. The molecule has 1 amide bonds. The average molecular weight is 405 g/mol. The summed E-state index contributed by atoms with van der Waals surface area (Å²) >= 11 is 0. The smallest absolute Gasteiger partial charge is 0.279 e. The van der Waals surface area contributed by atoms with E-state index in [-0.39, 0.29) is 17.3 Å². The second-order valence-electron chi connectivity index (χ2n) is 6.89. The van der Waals surface area contributed by atoms with Crippen molar-refractivity contribution in [3.05, 3.63) is 60.2 Å². The number of anilines is 1. The molecule has 0 aliphatic carbocycles. The van der Waals surface area contributed by atoms with E-state index in [1.54, 1.807) is 18.2 Å². The van der Waals surface area contributed by atoms with Gasteiger partial charge in [0.25, 0.3) is 5.91 Å². The van der Waals surface area contributed by atoms with Gasteiger partial charge in [-0.1, -0.05) is 36.4 Å². The summed E-state index contributed by atoms with van der Waals surface area (Å²) < 4.78 is 32.2. The fourth-order valence-electron chi connectivity index (χ4n) is 3.16. The summed E-state index contributed by atoms with van der Waals surface area (Å²) in [5.74, 6) is -0.158. The largest absolute Gasteiger partial charge is 0.379 e. The van der Waals surface area contributed by atoms with E-state index in [2.05, 4.69) is 5.32 Å². The maximum atomic E-state index is 12.8. The number of rotatable bonds is 7. The van der Waals surface area contributed by atoms with Crippen LogP contribution in [0, 0.1) is 0 Å². The molecule has 8 heteroatoms. The highest BCUT2D eigenvalue weighted by molar-refractivity contribution is 7.89. The number of benzene rings is 2. The predicted molar refractivity (Wildman–Crippen MR) is 107 cm³/mol. The van der Waals surface area contributed by atoms with Crippen LogP contribution in [-0.4, -0.2) is 58.5 Å². The van der Waals surface area contributed by atoms with Crippen molar-refractivity contribution in [1.29, 1.82) is 0 Å². The molecule has 2 N–H and O–H groups in total. The summed E-state index contributed by atoms with van der Waals surface area (Å²) in [6.07, 6.45) is 0. The fourth-order valence-corrected chi connectivity index (χ4v) is 4.61. The molecule has 0 bridgehead atoms. The predicted octanol–water partition coefficient (Wildman–Crippen LogP) is 0.361. The molecule has 3 rings (SSSR count). The van der Waals surface area contributed by atoms with E-state index in [0.29, 0.717) is 32.0 Å². The SMILES string of the molecule is C[NH+](CC(=O)Nc1cccc(S(=O)(=O)N2CCOCC2)c1)Cc1ccccc1. The Kier molecular flexibility index (Phi) is 6.79. The number of hydrogen-bond donors (Lipinski definition) is 2. The van der Waals surface area contributed by atoms with Crippen LogP contribution in [0.3, 0.4) is 0 Å². The van der Waals surface area contributed by atoms with Crippen LogP contribution in [0.1, 0.15) is 5.56 Å². The molecule has 7 nitrogen and oxygen atoms in total. The van der Waals surface area contributed by atoms with Gasteiger partial charge in [0.1, 0.15) is 6.54 Å². The van der Waals surface area contributed by atoms with Gasteiger partial charge in [-0.25, -0.2) is 8.42 Å². The molecule has 1 saturated heterocycles. The van der Waals surface area contributed by atoms with Crippen molar-refractivity contribution in [2.45, 2.75) is 11.4 Å². The second-order valence-corrected chi connectivity index (χ2v) is 8.83. The molecule has 1 aliphatic rings. The minimum atomic E-state index is -3.59. The molecule has 0 aromatic heterocycles. The van der Waals surface area contributed by atoms with E-state index in [1.165, 1.54) is 10.4 Å². The Morgan fingerprint density at radius 1 is 1.11 bits per heavy atom. The van der Waals surface area contributed by atoms with Crippen LogP contribution >= 0.6 is 0 Å². The quantitative estimate of drug-likeness (QED) is 0.699.